The summed E-state index contributed by atoms with van der Waals surface area (Å²) in [5, 5.41) is 11.1. The van der Waals surface area contributed by atoms with Crippen LogP contribution in [-0.4, -0.2) is 22.3 Å². The van der Waals surface area contributed by atoms with Crippen LogP contribution in [0.1, 0.15) is 46.5 Å². The molecule has 0 amide bonds. The summed E-state index contributed by atoms with van der Waals surface area (Å²) in [7, 11) is 0. The average molecular weight is 326 g/mol. The number of hydrogen-bond acceptors (Lipinski definition) is 3. The summed E-state index contributed by atoms with van der Waals surface area (Å²) in [6.07, 6.45) is 13.2. The number of fused-ring (bicyclic) bond motifs is 5. The van der Waals surface area contributed by atoms with E-state index in [0.29, 0.717) is 24.2 Å². The summed E-state index contributed by atoms with van der Waals surface area (Å²) >= 11 is 0. The molecule has 0 aliphatic heterocycles. The van der Waals surface area contributed by atoms with E-state index in [9.17, 15) is 14.7 Å². The molecule has 0 saturated heterocycles. The molecule has 3 heteroatoms. The van der Waals surface area contributed by atoms with E-state index >= 15 is 0 Å². The Balaban J connectivity index is 1.77. The molecule has 0 aromatic heterocycles. The van der Waals surface area contributed by atoms with E-state index in [-0.39, 0.29) is 22.4 Å². The van der Waals surface area contributed by atoms with Crippen LogP contribution in [0.4, 0.5) is 0 Å². The van der Waals surface area contributed by atoms with Gasteiger partial charge in [0.2, 0.25) is 0 Å². The number of ketones is 2. The molecular formula is C21H26O3. The Labute approximate surface area is 143 Å². The van der Waals surface area contributed by atoms with Gasteiger partial charge in [0.05, 0.1) is 0 Å². The van der Waals surface area contributed by atoms with Crippen molar-refractivity contribution < 1.29 is 14.7 Å². The zero-order chi connectivity index (χ0) is 17.3. The second kappa shape index (κ2) is 4.78. The van der Waals surface area contributed by atoms with Crippen LogP contribution in [0, 0.1) is 28.6 Å². The molecule has 3 nitrogen and oxygen atoms in total. The molecular weight excluding hydrogens is 300 g/mol. The van der Waals surface area contributed by atoms with Gasteiger partial charge in [0.15, 0.2) is 11.6 Å². The van der Waals surface area contributed by atoms with E-state index < -0.39 is 5.60 Å². The highest BCUT2D eigenvalue weighted by Gasteiger charge is 2.64. The van der Waals surface area contributed by atoms with E-state index in [1.54, 1.807) is 12.2 Å². The number of carbonyl (C=O) groups is 2. The number of rotatable bonds is 1. The molecule has 24 heavy (non-hydrogen) atoms. The fourth-order valence-electron chi connectivity index (χ4n) is 6.25. The molecule has 1 N–H and O–H groups in total. The number of aliphatic hydroxyl groups is 1. The monoisotopic (exact) mass is 326 g/mol. The maximum atomic E-state index is 12.2. The Morgan fingerprint density at radius 2 is 1.88 bits per heavy atom. The normalized spacial score (nSPS) is 49.2. The maximum absolute atomic E-state index is 12.2. The van der Waals surface area contributed by atoms with Gasteiger partial charge in [0.1, 0.15) is 5.60 Å². The van der Waals surface area contributed by atoms with Crippen molar-refractivity contribution in [1.82, 2.24) is 0 Å². The fraction of sp³-hybridized carbons (Fsp3) is 0.619. The zero-order valence-corrected chi connectivity index (χ0v) is 14.7. The second-order valence-corrected chi connectivity index (χ2v) is 8.68. The van der Waals surface area contributed by atoms with Crippen LogP contribution in [0.3, 0.4) is 0 Å². The lowest BCUT2D eigenvalue weighted by atomic mass is 9.49. The third-order valence-electron chi connectivity index (χ3n) is 7.85. The molecule has 0 heterocycles. The topological polar surface area (TPSA) is 54.4 Å². The van der Waals surface area contributed by atoms with Gasteiger partial charge >= 0.3 is 0 Å². The third-order valence-corrected chi connectivity index (χ3v) is 7.85. The van der Waals surface area contributed by atoms with Gasteiger partial charge in [-0.15, -0.1) is 0 Å². The zero-order valence-electron chi connectivity index (χ0n) is 14.7. The van der Waals surface area contributed by atoms with Gasteiger partial charge in [0.25, 0.3) is 0 Å². The van der Waals surface area contributed by atoms with E-state index in [0.717, 1.165) is 24.8 Å². The maximum Gasteiger partial charge on any atom is 0.178 e. The molecule has 6 atom stereocenters. The van der Waals surface area contributed by atoms with Gasteiger partial charge in [-0.3, -0.25) is 9.59 Å². The minimum atomic E-state index is -1.17. The highest BCUT2D eigenvalue weighted by atomic mass is 16.3. The van der Waals surface area contributed by atoms with Crippen molar-refractivity contribution in [2.24, 2.45) is 28.6 Å². The number of carbonyl (C=O) groups excluding carboxylic acids is 2. The number of Topliss-reactive ketones (excluding diaryl/α,β-unsaturated/α-hetero) is 1. The lowest BCUT2D eigenvalue weighted by Gasteiger charge is -2.55. The molecule has 0 radical (unpaired) electrons. The van der Waals surface area contributed by atoms with Gasteiger partial charge < -0.3 is 5.11 Å². The molecule has 128 valence electrons. The quantitative estimate of drug-likeness (QED) is 0.803. The molecule has 4 rings (SSSR count). The first-order valence-corrected chi connectivity index (χ1v) is 9.09. The van der Waals surface area contributed by atoms with Crippen molar-refractivity contribution in [3.63, 3.8) is 0 Å². The van der Waals surface area contributed by atoms with E-state index in [2.05, 4.69) is 32.1 Å². The minimum Gasteiger partial charge on any atom is -0.382 e. The van der Waals surface area contributed by atoms with Crippen molar-refractivity contribution >= 4 is 11.6 Å². The summed E-state index contributed by atoms with van der Waals surface area (Å²) in [6.45, 7) is 5.88. The smallest absolute Gasteiger partial charge is 0.178 e. The molecule has 4 aliphatic rings. The molecule has 0 spiro atoms. The Morgan fingerprint density at radius 1 is 1.17 bits per heavy atom. The highest BCUT2D eigenvalue weighted by Crippen LogP contribution is 2.65. The summed E-state index contributed by atoms with van der Waals surface area (Å²) < 4.78 is 0. The molecule has 4 aliphatic carbocycles. The molecule has 2 fully saturated rings. The van der Waals surface area contributed by atoms with E-state index in [4.69, 9.17) is 0 Å². The van der Waals surface area contributed by atoms with Gasteiger partial charge in [-0.05, 0) is 68.1 Å². The van der Waals surface area contributed by atoms with Crippen LogP contribution in [0.5, 0.6) is 0 Å². The molecule has 0 aromatic carbocycles. The average Bonchev–Trinajstić information content (AvgIpc) is 2.81. The van der Waals surface area contributed by atoms with Crippen molar-refractivity contribution in [3.8, 4) is 0 Å². The summed E-state index contributed by atoms with van der Waals surface area (Å²) in [5.74, 6) is 1.10. The highest BCUT2D eigenvalue weighted by molar-refractivity contribution is 6.01. The van der Waals surface area contributed by atoms with Crippen LogP contribution in [-0.2, 0) is 9.59 Å². The standard InChI is InChI=1S/C21H26O3/c1-13(22)21(24)11-8-18-16-5-4-14-12-15(23)6-9-19(14,2)17(16)7-10-20(18,21)3/h4-6,9,12,16-18,24H,7-8,10-11H2,1-3H3/t16?,17?,18?,19?,20?,21-/m0/s1. The van der Waals surface area contributed by atoms with E-state index in [1.165, 1.54) is 6.92 Å². The third kappa shape index (κ3) is 1.77. The Hall–Kier alpha value is -1.48. The Bertz CT molecular complexity index is 715. The summed E-state index contributed by atoms with van der Waals surface area (Å²) in [5.41, 5.74) is -0.507. The van der Waals surface area contributed by atoms with Crippen LogP contribution >= 0.6 is 0 Å². The van der Waals surface area contributed by atoms with Crippen molar-refractivity contribution in [2.45, 2.75) is 52.1 Å². The Kier molecular flexibility index (Phi) is 3.19. The molecule has 5 unspecified atom stereocenters. The van der Waals surface area contributed by atoms with Crippen molar-refractivity contribution in [3.05, 3.63) is 36.0 Å². The Morgan fingerprint density at radius 3 is 2.58 bits per heavy atom. The summed E-state index contributed by atoms with van der Waals surface area (Å²) in [4.78, 5) is 23.9. The second-order valence-electron chi connectivity index (χ2n) is 8.68. The summed E-state index contributed by atoms with van der Waals surface area (Å²) in [6, 6.07) is 0. The first kappa shape index (κ1) is 16.0. The SMILES string of the molecule is CC(=O)[C@@]1(O)CCC2C3C=CC4=CC(=O)C=CC4(C)C3CCC21C. The minimum absolute atomic E-state index is 0.0676. The van der Waals surface area contributed by atoms with Gasteiger partial charge in [-0.2, -0.15) is 0 Å². The van der Waals surface area contributed by atoms with Gasteiger partial charge in [-0.1, -0.05) is 32.1 Å². The van der Waals surface area contributed by atoms with Gasteiger partial charge in [0, 0.05) is 10.8 Å². The predicted octanol–water partition coefficient (Wildman–Crippen LogP) is 3.39. The first-order chi connectivity index (χ1) is 11.2. The fourth-order valence-corrected chi connectivity index (χ4v) is 6.25. The lowest BCUT2D eigenvalue weighted by molar-refractivity contribution is -0.155. The number of allylic oxidation sites excluding steroid dienone is 6. The number of hydrogen-bond donors (Lipinski definition) is 1. The molecule has 0 aromatic rings. The lowest BCUT2D eigenvalue weighted by Crippen LogP contribution is -2.56. The van der Waals surface area contributed by atoms with Crippen molar-refractivity contribution in [1.29, 1.82) is 0 Å². The molecule has 0 bridgehead atoms. The van der Waals surface area contributed by atoms with E-state index in [1.807, 2.05) is 0 Å². The van der Waals surface area contributed by atoms with Gasteiger partial charge in [-0.25, -0.2) is 0 Å². The van der Waals surface area contributed by atoms with Crippen molar-refractivity contribution in [2.75, 3.05) is 0 Å². The largest absolute Gasteiger partial charge is 0.382 e. The molecule has 2 saturated carbocycles. The van der Waals surface area contributed by atoms with Crippen LogP contribution in [0.2, 0.25) is 0 Å². The van der Waals surface area contributed by atoms with Crippen LogP contribution < -0.4 is 0 Å². The first-order valence-electron chi connectivity index (χ1n) is 9.09. The predicted molar refractivity (Wildman–Crippen MR) is 92.2 cm³/mol. The van der Waals surface area contributed by atoms with Crippen LogP contribution in [0.25, 0.3) is 0 Å². The van der Waals surface area contributed by atoms with Crippen LogP contribution in [0.15, 0.2) is 36.0 Å².